The van der Waals surface area contributed by atoms with Gasteiger partial charge in [-0.1, -0.05) is 0 Å². The van der Waals surface area contributed by atoms with Crippen molar-refractivity contribution in [2.24, 2.45) is 0 Å². The predicted molar refractivity (Wildman–Crippen MR) is 96.3 cm³/mol. The molecule has 0 aliphatic rings. The van der Waals surface area contributed by atoms with Gasteiger partial charge >= 0.3 is 0 Å². The van der Waals surface area contributed by atoms with Crippen molar-refractivity contribution >= 4 is 43.1 Å². The van der Waals surface area contributed by atoms with E-state index >= 15 is 0 Å². The standard InChI is InChI=1S/C22H10F4/c23-19-1-2-20(24)16-8-12-6-14-10-18-17(21(25)3-4-22(18)26)9-13(14)5-11(12)7-15(16)19/h1-10H. The van der Waals surface area contributed by atoms with Gasteiger partial charge in [-0.3, -0.25) is 0 Å². The van der Waals surface area contributed by atoms with Crippen LogP contribution in [0, 0.1) is 23.3 Å². The van der Waals surface area contributed by atoms with Crippen molar-refractivity contribution < 1.29 is 17.6 Å². The topological polar surface area (TPSA) is 0 Å². The average Bonchev–Trinajstić information content (AvgIpc) is 2.64. The average molecular weight is 350 g/mol. The Morgan fingerprint density at radius 1 is 0.346 bits per heavy atom. The summed E-state index contributed by atoms with van der Waals surface area (Å²) in [7, 11) is 0. The molecule has 0 heterocycles. The second-order valence-corrected chi connectivity index (χ2v) is 6.40. The molecule has 0 spiro atoms. The molecule has 0 fully saturated rings. The third-order valence-electron chi connectivity index (χ3n) is 4.85. The van der Waals surface area contributed by atoms with Crippen molar-refractivity contribution in [2.45, 2.75) is 0 Å². The van der Waals surface area contributed by atoms with E-state index in [0.29, 0.717) is 21.5 Å². The maximum Gasteiger partial charge on any atom is 0.131 e. The first-order chi connectivity index (χ1) is 12.5. The monoisotopic (exact) mass is 350 g/mol. The Labute approximate surface area is 145 Å². The minimum atomic E-state index is -0.505. The number of rotatable bonds is 0. The molecule has 0 aliphatic carbocycles. The number of halogens is 4. The van der Waals surface area contributed by atoms with E-state index in [1.807, 2.05) is 0 Å². The van der Waals surface area contributed by atoms with E-state index in [9.17, 15) is 17.6 Å². The Morgan fingerprint density at radius 2 is 0.577 bits per heavy atom. The molecule has 0 N–H and O–H groups in total. The zero-order valence-corrected chi connectivity index (χ0v) is 13.3. The summed E-state index contributed by atoms with van der Waals surface area (Å²) in [4.78, 5) is 0. The minimum absolute atomic E-state index is 0.190. The van der Waals surface area contributed by atoms with Crippen molar-refractivity contribution in [3.63, 3.8) is 0 Å². The van der Waals surface area contributed by atoms with Crippen molar-refractivity contribution in [3.05, 3.63) is 83.9 Å². The van der Waals surface area contributed by atoms with Crippen LogP contribution in [0.3, 0.4) is 0 Å². The molecule has 0 radical (unpaired) electrons. The number of hydrogen-bond donors (Lipinski definition) is 0. The molecule has 0 nitrogen and oxygen atoms in total. The summed E-state index contributed by atoms with van der Waals surface area (Å²) in [5.41, 5.74) is 0. The Hall–Kier alpha value is -3.14. The highest BCUT2D eigenvalue weighted by Crippen LogP contribution is 2.33. The number of hydrogen-bond acceptors (Lipinski definition) is 0. The van der Waals surface area contributed by atoms with Crippen LogP contribution in [-0.2, 0) is 0 Å². The molecule has 0 amide bonds. The Bertz CT molecular complexity index is 1160. The van der Waals surface area contributed by atoms with Crippen molar-refractivity contribution in [3.8, 4) is 0 Å². The highest BCUT2D eigenvalue weighted by atomic mass is 19.1. The second-order valence-electron chi connectivity index (χ2n) is 6.40. The van der Waals surface area contributed by atoms with Gasteiger partial charge in [0.2, 0.25) is 0 Å². The third-order valence-corrected chi connectivity index (χ3v) is 4.85. The summed E-state index contributed by atoms with van der Waals surface area (Å²) >= 11 is 0. The summed E-state index contributed by atoms with van der Waals surface area (Å²) in [6.07, 6.45) is 0. The highest BCUT2D eigenvalue weighted by molar-refractivity contribution is 6.08. The first-order valence-corrected chi connectivity index (χ1v) is 8.04. The fourth-order valence-corrected chi connectivity index (χ4v) is 3.54. The molecule has 0 saturated carbocycles. The van der Waals surface area contributed by atoms with Crippen molar-refractivity contribution in [2.75, 3.05) is 0 Å². The molecule has 0 saturated heterocycles. The summed E-state index contributed by atoms with van der Waals surface area (Å²) in [5, 5.41) is 3.56. The van der Waals surface area contributed by atoms with E-state index in [1.165, 1.54) is 0 Å². The molecule has 5 aromatic carbocycles. The van der Waals surface area contributed by atoms with Gasteiger partial charge in [0.05, 0.1) is 0 Å². The molecular weight excluding hydrogens is 340 g/mol. The lowest BCUT2D eigenvalue weighted by molar-refractivity contribution is 0.618. The quantitative estimate of drug-likeness (QED) is 0.211. The summed E-state index contributed by atoms with van der Waals surface area (Å²) in [5.74, 6) is -2.02. The first-order valence-electron chi connectivity index (χ1n) is 8.04. The lowest BCUT2D eigenvalue weighted by Gasteiger charge is -2.09. The van der Waals surface area contributed by atoms with Crippen molar-refractivity contribution in [1.82, 2.24) is 0 Å². The Morgan fingerprint density at radius 3 is 0.808 bits per heavy atom. The molecule has 5 rings (SSSR count). The zero-order valence-electron chi connectivity index (χ0n) is 13.3. The molecule has 4 heteroatoms. The van der Waals surface area contributed by atoms with E-state index in [-0.39, 0.29) is 21.5 Å². The van der Waals surface area contributed by atoms with Gasteiger partial charge in [0.15, 0.2) is 0 Å². The maximum absolute atomic E-state index is 14.1. The Balaban J connectivity index is 1.93. The van der Waals surface area contributed by atoms with E-state index in [1.54, 1.807) is 36.4 Å². The summed E-state index contributed by atoms with van der Waals surface area (Å²) in [6, 6.07) is 14.2. The molecule has 5 aromatic rings. The molecule has 126 valence electrons. The summed E-state index contributed by atoms with van der Waals surface area (Å²) in [6.45, 7) is 0. The lowest BCUT2D eigenvalue weighted by atomic mass is 9.97. The van der Waals surface area contributed by atoms with Crippen molar-refractivity contribution in [1.29, 1.82) is 0 Å². The molecule has 26 heavy (non-hydrogen) atoms. The number of fused-ring (bicyclic) bond motifs is 4. The van der Waals surface area contributed by atoms with Gasteiger partial charge in [0, 0.05) is 21.5 Å². The van der Waals surface area contributed by atoms with Gasteiger partial charge in [-0.25, -0.2) is 17.6 Å². The van der Waals surface area contributed by atoms with E-state index in [0.717, 1.165) is 24.3 Å². The fourth-order valence-electron chi connectivity index (χ4n) is 3.54. The molecule has 0 aliphatic heterocycles. The SMILES string of the molecule is Fc1ccc(F)c2cc3cc4cc5c(F)ccc(F)c5cc4cc3cc12. The molecule has 0 bridgehead atoms. The maximum atomic E-state index is 14.1. The summed E-state index contributed by atoms with van der Waals surface area (Å²) < 4.78 is 56.2. The van der Waals surface area contributed by atoms with E-state index < -0.39 is 23.3 Å². The van der Waals surface area contributed by atoms with Gasteiger partial charge < -0.3 is 0 Å². The van der Waals surface area contributed by atoms with Crippen LogP contribution in [-0.4, -0.2) is 0 Å². The smallest absolute Gasteiger partial charge is 0.131 e. The largest absolute Gasteiger partial charge is 0.206 e. The fraction of sp³-hybridized carbons (Fsp3) is 0. The van der Waals surface area contributed by atoms with Gasteiger partial charge in [0.1, 0.15) is 23.3 Å². The zero-order chi connectivity index (χ0) is 18.0. The van der Waals surface area contributed by atoms with E-state index in [2.05, 4.69) is 0 Å². The van der Waals surface area contributed by atoms with Crippen LogP contribution in [0.5, 0.6) is 0 Å². The van der Waals surface area contributed by atoms with Crippen LogP contribution < -0.4 is 0 Å². The predicted octanol–water partition coefficient (Wildman–Crippen LogP) is 6.86. The molecule has 0 aromatic heterocycles. The lowest BCUT2D eigenvalue weighted by Crippen LogP contribution is -1.88. The second kappa shape index (κ2) is 5.18. The van der Waals surface area contributed by atoms with Gasteiger partial charge in [-0.2, -0.15) is 0 Å². The highest BCUT2D eigenvalue weighted by Gasteiger charge is 2.11. The van der Waals surface area contributed by atoms with Gasteiger partial charge in [0.25, 0.3) is 0 Å². The first kappa shape index (κ1) is 15.1. The third kappa shape index (κ3) is 2.08. The molecular formula is C22H10F4. The molecule has 0 unspecified atom stereocenters. The minimum Gasteiger partial charge on any atom is -0.206 e. The van der Waals surface area contributed by atoms with Gasteiger partial charge in [-0.05, 0) is 82.2 Å². The number of benzene rings is 5. The van der Waals surface area contributed by atoms with E-state index in [4.69, 9.17) is 0 Å². The van der Waals surface area contributed by atoms with Gasteiger partial charge in [-0.15, -0.1) is 0 Å². The Kier molecular flexibility index (Phi) is 3.02. The van der Waals surface area contributed by atoms with Crippen LogP contribution >= 0.6 is 0 Å². The normalized spacial score (nSPS) is 11.8. The van der Waals surface area contributed by atoms with Crippen LogP contribution in [0.15, 0.2) is 60.7 Å². The van der Waals surface area contributed by atoms with Crippen LogP contribution in [0.4, 0.5) is 17.6 Å². The van der Waals surface area contributed by atoms with Crippen LogP contribution in [0.25, 0.3) is 43.1 Å². The van der Waals surface area contributed by atoms with Crippen LogP contribution in [0.2, 0.25) is 0 Å². The molecule has 0 atom stereocenters. The van der Waals surface area contributed by atoms with Crippen LogP contribution in [0.1, 0.15) is 0 Å².